The van der Waals surface area contributed by atoms with E-state index in [1.807, 2.05) is 9.97 Å². The molecule has 0 atom stereocenters. The fourth-order valence-electron chi connectivity index (χ4n) is 0.919. The van der Waals surface area contributed by atoms with Gasteiger partial charge in [0, 0.05) is 11.6 Å². The van der Waals surface area contributed by atoms with Crippen LogP contribution in [0, 0.1) is 0 Å². The molecule has 0 saturated carbocycles. The molecule has 0 aliphatic carbocycles. The Hall–Kier alpha value is -2.29. The van der Waals surface area contributed by atoms with E-state index in [1.54, 1.807) is 5.38 Å². The van der Waals surface area contributed by atoms with Crippen LogP contribution in [0.15, 0.2) is 31.4 Å². The van der Waals surface area contributed by atoms with Gasteiger partial charge >= 0.3 is 5.69 Å². The Morgan fingerprint density at radius 2 is 2.12 bits per heavy atom. The molecule has 2 heterocycles. The van der Waals surface area contributed by atoms with Crippen molar-refractivity contribution in [3.05, 3.63) is 32.4 Å². The summed E-state index contributed by atoms with van der Waals surface area (Å²) in [6, 6.07) is 0. The van der Waals surface area contributed by atoms with Crippen molar-refractivity contribution in [2.45, 2.75) is 0 Å². The van der Waals surface area contributed by atoms with Crippen LogP contribution in [0.2, 0.25) is 0 Å². The molecule has 0 bridgehead atoms. The monoisotopic (exact) mass is 239 g/mol. The molecule has 16 heavy (non-hydrogen) atoms. The molecule has 0 aliphatic rings. The predicted molar refractivity (Wildman–Crippen MR) is 55.6 cm³/mol. The maximum Gasteiger partial charge on any atom is 0.328 e. The van der Waals surface area contributed by atoms with Gasteiger partial charge < -0.3 is 5.11 Å². The third-order valence-corrected chi connectivity index (χ3v) is 2.21. The third kappa shape index (κ3) is 2.03. The molecule has 0 fully saturated rings. The number of nitrogens with zero attached hydrogens (tertiary/aromatic N) is 3. The van der Waals surface area contributed by atoms with Crippen molar-refractivity contribution in [2.75, 3.05) is 0 Å². The summed E-state index contributed by atoms with van der Waals surface area (Å²) < 4.78 is 0. The van der Waals surface area contributed by atoms with Crippen LogP contribution in [-0.2, 0) is 0 Å². The lowest BCUT2D eigenvalue weighted by atomic mass is 10.5. The summed E-state index contributed by atoms with van der Waals surface area (Å²) in [7, 11) is 0. The Balaban J connectivity index is 2.43. The molecule has 0 radical (unpaired) electrons. The molecule has 0 spiro atoms. The Labute approximate surface area is 91.4 Å². The van der Waals surface area contributed by atoms with E-state index in [9.17, 15) is 14.7 Å². The molecule has 9 heteroatoms. The highest BCUT2D eigenvalue weighted by atomic mass is 32.1. The fraction of sp³-hybridized carbons (Fsp3) is 0. The highest BCUT2D eigenvalue weighted by Gasteiger charge is 2.07. The van der Waals surface area contributed by atoms with Crippen LogP contribution in [0.3, 0.4) is 0 Å². The molecule has 3 N–H and O–H groups in total. The van der Waals surface area contributed by atoms with Crippen molar-refractivity contribution in [2.24, 2.45) is 10.2 Å². The SMILES string of the molecule is O=c1[nH]c(O)c(N=Nc2nccs2)c(=O)[nH]1. The predicted octanol–water partition coefficient (Wildman–Crippen LogP) is 0.641. The molecule has 0 unspecified atom stereocenters. The minimum absolute atomic E-state index is 0.338. The molecule has 0 saturated heterocycles. The van der Waals surface area contributed by atoms with Crippen LogP contribution in [0.1, 0.15) is 0 Å². The number of nitrogens with one attached hydrogen (secondary N) is 2. The Kier molecular flexibility index (Phi) is 2.60. The lowest BCUT2D eigenvalue weighted by Crippen LogP contribution is -2.20. The highest BCUT2D eigenvalue weighted by Crippen LogP contribution is 2.21. The van der Waals surface area contributed by atoms with Gasteiger partial charge in [-0.15, -0.1) is 21.6 Å². The maximum absolute atomic E-state index is 11.2. The quantitative estimate of drug-likeness (QED) is 0.665. The molecule has 0 aromatic carbocycles. The second kappa shape index (κ2) is 4.06. The zero-order valence-electron chi connectivity index (χ0n) is 7.67. The number of azo groups is 1. The summed E-state index contributed by atoms with van der Waals surface area (Å²) in [5.41, 5.74) is -1.99. The topological polar surface area (TPSA) is 124 Å². The molecule has 82 valence electrons. The van der Waals surface area contributed by atoms with E-state index in [0.29, 0.717) is 5.13 Å². The Morgan fingerprint density at radius 3 is 2.75 bits per heavy atom. The average Bonchev–Trinajstić information content (AvgIpc) is 2.68. The second-order valence-corrected chi connectivity index (χ2v) is 3.49. The van der Waals surface area contributed by atoms with Gasteiger partial charge in [0.15, 0.2) is 0 Å². The van der Waals surface area contributed by atoms with Crippen molar-refractivity contribution in [3.8, 4) is 5.88 Å². The van der Waals surface area contributed by atoms with Crippen LogP contribution in [-0.4, -0.2) is 20.1 Å². The number of rotatable bonds is 2. The van der Waals surface area contributed by atoms with Gasteiger partial charge in [0.05, 0.1) is 0 Å². The van der Waals surface area contributed by atoms with Gasteiger partial charge in [0.1, 0.15) is 0 Å². The molecular formula is C7H5N5O3S. The molecule has 0 aliphatic heterocycles. The second-order valence-electron chi connectivity index (χ2n) is 2.62. The van der Waals surface area contributed by atoms with Crippen LogP contribution in [0.5, 0.6) is 5.88 Å². The van der Waals surface area contributed by atoms with Crippen LogP contribution in [0.4, 0.5) is 10.8 Å². The highest BCUT2D eigenvalue weighted by molar-refractivity contribution is 7.13. The first kappa shape index (κ1) is 10.2. The molecule has 2 aromatic rings. The van der Waals surface area contributed by atoms with Gasteiger partial charge in [0.2, 0.25) is 16.7 Å². The average molecular weight is 239 g/mol. The van der Waals surface area contributed by atoms with Gasteiger partial charge in [0.25, 0.3) is 5.56 Å². The lowest BCUT2D eigenvalue weighted by Gasteiger charge is -1.93. The lowest BCUT2D eigenvalue weighted by molar-refractivity contribution is 0.450. The summed E-state index contributed by atoms with van der Waals surface area (Å²) >= 11 is 1.22. The van der Waals surface area contributed by atoms with Gasteiger partial charge in [-0.25, -0.2) is 9.78 Å². The number of H-pyrrole nitrogens is 2. The first-order valence-corrected chi connectivity index (χ1v) is 4.91. The van der Waals surface area contributed by atoms with Gasteiger partial charge in [-0.05, 0) is 0 Å². The fourth-order valence-corrected chi connectivity index (χ4v) is 1.37. The number of aromatic hydroxyl groups is 1. The summed E-state index contributed by atoms with van der Waals surface area (Å²) in [5.74, 6) is -0.631. The van der Waals surface area contributed by atoms with Gasteiger partial charge in [-0.3, -0.25) is 14.8 Å². The summed E-state index contributed by atoms with van der Waals surface area (Å²) in [6.45, 7) is 0. The van der Waals surface area contributed by atoms with Gasteiger partial charge in [-0.2, -0.15) is 0 Å². The first-order chi connectivity index (χ1) is 7.66. The van der Waals surface area contributed by atoms with Crippen LogP contribution in [0.25, 0.3) is 0 Å². The number of aromatic amines is 2. The Bertz CT molecular complexity index is 626. The Morgan fingerprint density at radius 1 is 1.31 bits per heavy atom. The standard InChI is InChI=1S/C7H5N5O3S/c13-4-3(5(14)10-6(15)9-4)11-12-7-8-1-2-16-7/h1-2H,(H3,9,10,13,14,15). The van der Waals surface area contributed by atoms with Gasteiger partial charge in [-0.1, -0.05) is 0 Å². The van der Waals surface area contributed by atoms with E-state index >= 15 is 0 Å². The first-order valence-electron chi connectivity index (χ1n) is 4.03. The minimum Gasteiger partial charge on any atom is -0.493 e. The smallest absolute Gasteiger partial charge is 0.328 e. The zero-order valence-corrected chi connectivity index (χ0v) is 8.48. The van der Waals surface area contributed by atoms with Crippen molar-refractivity contribution >= 4 is 22.2 Å². The minimum atomic E-state index is -0.818. The number of aromatic nitrogens is 3. The molecular weight excluding hydrogens is 234 g/mol. The van der Waals surface area contributed by atoms with Crippen molar-refractivity contribution < 1.29 is 5.11 Å². The summed E-state index contributed by atoms with van der Waals surface area (Å²) in [4.78, 5) is 29.7. The van der Waals surface area contributed by atoms with Crippen molar-refractivity contribution in [3.63, 3.8) is 0 Å². The normalized spacial score (nSPS) is 11.0. The van der Waals surface area contributed by atoms with Crippen LogP contribution < -0.4 is 11.2 Å². The van der Waals surface area contributed by atoms with E-state index in [1.165, 1.54) is 17.5 Å². The summed E-state index contributed by atoms with van der Waals surface area (Å²) in [5, 5.41) is 18.4. The van der Waals surface area contributed by atoms with E-state index in [2.05, 4.69) is 15.2 Å². The third-order valence-electron chi connectivity index (χ3n) is 1.55. The number of thiazole rings is 1. The zero-order chi connectivity index (χ0) is 11.5. The number of hydrogen-bond donors (Lipinski definition) is 3. The van der Waals surface area contributed by atoms with Crippen molar-refractivity contribution in [1.82, 2.24) is 15.0 Å². The maximum atomic E-state index is 11.2. The van der Waals surface area contributed by atoms with Crippen molar-refractivity contribution in [1.29, 1.82) is 0 Å². The molecule has 8 nitrogen and oxygen atoms in total. The molecule has 2 rings (SSSR count). The van der Waals surface area contributed by atoms with E-state index in [-0.39, 0.29) is 5.69 Å². The number of hydrogen-bond acceptors (Lipinski definition) is 7. The van der Waals surface area contributed by atoms with E-state index < -0.39 is 17.1 Å². The molecule has 0 amide bonds. The molecule has 2 aromatic heterocycles. The van der Waals surface area contributed by atoms with Crippen LogP contribution >= 0.6 is 11.3 Å². The summed E-state index contributed by atoms with van der Waals surface area (Å²) in [6.07, 6.45) is 1.52. The van der Waals surface area contributed by atoms with E-state index in [4.69, 9.17) is 0 Å². The van der Waals surface area contributed by atoms with E-state index in [0.717, 1.165) is 0 Å². The largest absolute Gasteiger partial charge is 0.493 e.